The largest absolute Gasteiger partial charge is 1.00 e. The molecule has 1 nitrogen and oxygen atoms in total. The predicted octanol–water partition coefficient (Wildman–Crippen LogP) is -1.33. The van der Waals surface area contributed by atoms with Crippen molar-refractivity contribution in [3.05, 3.63) is 0 Å². The number of rotatable bonds is 3. The highest BCUT2D eigenvalue weighted by molar-refractivity contribution is 6.16. The molecule has 0 bridgehead atoms. The lowest BCUT2D eigenvalue weighted by atomic mass is 10.5. The molecule has 0 aromatic carbocycles. The molecule has 0 rings (SSSR count). The van der Waals surface area contributed by atoms with Crippen LogP contribution in [-0.2, 0) is 0 Å². The molecule has 0 heterocycles. The molecule has 0 saturated heterocycles. The summed E-state index contributed by atoms with van der Waals surface area (Å²) >= 11 is 5.68. The minimum absolute atomic E-state index is 0. The zero-order chi connectivity index (χ0) is 6.62. The summed E-state index contributed by atoms with van der Waals surface area (Å²) in [6, 6.07) is 0.729. The van der Waals surface area contributed by atoms with E-state index >= 15 is 0 Å². The Hall–Kier alpha value is 0.540. The van der Waals surface area contributed by atoms with Gasteiger partial charge in [-0.05, 0) is 13.8 Å². The average molecular weight is 172 g/mol. The van der Waals surface area contributed by atoms with Crippen LogP contribution < -0.4 is 12.4 Å². The van der Waals surface area contributed by atoms with E-state index in [4.69, 9.17) is 11.6 Å². The van der Waals surface area contributed by atoms with Gasteiger partial charge in [0.05, 0.1) is 20.1 Å². The van der Waals surface area contributed by atoms with Crippen molar-refractivity contribution >= 4 is 11.6 Å². The number of nitrogens with zero attached hydrogens (tertiary/aromatic N) is 1. The van der Waals surface area contributed by atoms with Crippen LogP contribution in [0.2, 0.25) is 0 Å². The van der Waals surface area contributed by atoms with Gasteiger partial charge in [-0.2, -0.15) is 0 Å². The highest BCUT2D eigenvalue weighted by atomic mass is 35.5. The molecule has 0 fully saturated rings. The Morgan fingerprint density at radius 1 is 1.22 bits per heavy atom. The lowest BCUT2D eigenvalue weighted by Gasteiger charge is -2.28. The summed E-state index contributed by atoms with van der Waals surface area (Å²) in [6.45, 7) is 6.57. The zero-order valence-electron chi connectivity index (χ0n) is 6.32. The van der Waals surface area contributed by atoms with Gasteiger partial charge >= 0.3 is 0 Å². The van der Waals surface area contributed by atoms with Crippen molar-refractivity contribution in [1.82, 2.24) is 0 Å². The summed E-state index contributed by atoms with van der Waals surface area (Å²) in [5.41, 5.74) is 0. The minimum Gasteiger partial charge on any atom is -1.00 e. The molecule has 0 spiro atoms. The molecule has 0 aliphatic heterocycles. The van der Waals surface area contributed by atoms with Gasteiger partial charge in [0.2, 0.25) is 0 Å². The summed E-state index contributed by atoms with van der Waals surface area (Å²) in [5.74, 6) is 0. The van der Waals surface area contributed by atoms with Gasteiger partial charge in [0.15, 0.2) is 6.00 Å². The number of hydrogen-bond donors (Lipinski definition) is 0. The van der Waals surface area contributed by atoms with Crippen LogP contribution in [0.25, 0.3) is 0 Å². The standard InChI is InChI=1S/C6H15ClN.ClH/c1-4-8(3,5-2)6-7;/h4-6H2,1-3H3;1H/q+1;/p-1. The smallest absolute Gasteiger partial charge is 0.154 e. The normalized spacial score (nSPS) is 10.7. The monoisotopic (exact) mass is 171 g/mol. The first-order valence-corrected chi connectivity index (χ1v) is 3.61. The summed E-state index contributed by atoms with van der Waals surface area (Å²) < 4.78 is 0.974. The number of quaternary nitrogens is 1. The van der Waals surface area contributed by atoms with Crippen molar-refractivity contribution in [2.24, 2.45) is 0 Å². The molecular weight excluding hydrogens is 157 g/mol. The molecule has 9 heavy (non-hydrogen) atoms. The Balaban J connectivity index is 0. The number of halogens is 2. The fourth-order valence-corrected chi connectivity index (χ4v) is 0.731. The second-order valence-corrected chi connectivity index (χ2v) is 2.61. The Bertz CT molecular complexity index is 53.8. The predicted molar refractivity (Wildman–Crippen MR) is 38.0 cm³/mol. The van der Waals surface area contributed by atoms with Gasteiger partial charge in [-0.3, -0.25) is 0 Å². The second kappa shape index (κ2) is 5.33. The summed E-state index contributed by atoms with van der Waals surface area (Å²) in [4.78, 5) is 0. The van der Waals surface area contributed by atoms with Gasteiger partial charge < -0.3 is 16.9 Å². The van der Waals surface area contributed by atoms with E-state index in [1.807, 2.05) is 0 Å². The first kappa shape index (κ1) is 12.2. The van der Waals surface area contributed by atoms with E-state index in [9.17, 15) is 0 Å². The highest BCUT2D eigenvalue weighted by Gasteiger charge is 2.12. The summed E-state index contributed by atoms with van der Waals surface area (Å²) in [7, 11) is 2.16. The fraction of sp³-hybridized carbons (Fsp3) is 1.00. The SMILES string of the molecule is CC[N+](C)(CC)CCl.[Cl-]. The minimum atomic E-state index is 0. The quantitative estimate of drug-likeness (QED) is 0.281. The molecule has 3 heteroatoms. The van der Waals surface area contributed by atoms with E-state index in [0.29, 0.717) is 0 Å². The zero-order valence-corrected chi connectivity index (χ0v) is 7.84. The number of alkyl halides is 1. The van der Waals surface area contributed by atoms with E-state index in [-0.39, 0.29) is 12.4 Å². The first-order chi connectivity index (χ1) is 3.68. The Labute approximate surface area is 69.0 Å². The van der Waals surface area contributed by atoms with Crippen LogP contribution in [0.5, 0.6) is 0 Å². The lowest BCUT2D eigenvalue weighted by molar-refractivity contribution is -0.895. The van der Waals surface area contributed by atoms with Gasteiger partial charge in [-0.15, -0.1) is 0 Å². The topological polar surface area (TPSA) is 0 Å². The third-order valence-electron chi connectivity index (χ3n) is 1.82. The van der Waals surface area contributed by atoms with Crippen LogP contribution in [0, 0.1) is 0 Å². The maximum atomic E-state index is 5.68. The lowest BCUT2D eigenvalue weighted by Crippen LogP contribution is -3.00. The summed E-state index contributed by atoms with van der Waals surface area (Å²) in [6.07, 6.45) is 0. The molecule has 58 valence electrons. The molecule has 0 saturated carbocycles. The maximum Gasteiger partial charge on any atom is 0.154 e. The van der Waals surface area contributed by atoms with Gasteiger partial charge in [0.1, 0.15) is 0 Å². The van der Waals surface area contributed by atoms with Crippen molar-refractivity contribution < 1.29 is 16.9 Å². The Kier molecular flexibility index (Phi) is 7.25. The molecule has 0 radical (unpaired) electrons. The average Bonchev–Trinajstić information content (AvgIpc) is 1.87. The van der Waals surface area contributed by atoms with Crippen LogP contribution in [0.3, 0.4) is 0 Å². The van der Waals surface area contributed by atoms with Crippen LogP contribution >= 0.6 is 11.6 Å². The molecule has 0 aliphatic carbocycles. The van der Waals surface area contributed by atoms with Crippen molar-refractivity contribution in [3.63, 3.8) is 0 Å². The van der Waals surface area contributed by atoms with E-state index in [1.165, 1.54) is 0 Å². The summed E-state index contributed by atoms with van der Waals surface area (Å²) in [5, 5.41) is 0. The van der Waals surface area contributed by atoms with Crippen LogP contribution in [0.15, 0.2) is 0 Å². The third kappa shape index (κ3) is 4.01. The van der Waals surface area contributed by atoms with Gasteiger partial charge in [0.25, 0.3) is 0 Å². The molecule has 0 aliphatic rings. The van der Waals surface area contributed by atoms with E-state index in [1.54, 1.807) is 0 Å². The van der Waals surface area contributed by atoms with E-state index < -0.39 is 0 Å². The third-order valence-corrected chi connectivity index (χ3v) is 2.39. The van der Waals surface area contributed by atoms with Gasteiger partial charge in [-0.1, -0.05) is 11.6 Å². The molecule has 0 unspecified atom stereocenters. The van der Waals surface area contributed by atoms with Crippen molar-refractivity contribution in [3.8, 4) is 0 Å². The number of hydrogen-bond acceptors (Lipinski definition) is 0. The van der Waals surface area contributed by atoms with Gasteiger partial charge in [-0.25, -0.2) is 0 Å². The molecular formula is C6H15Cl2N. The van der Waals surface area contributed by atoms with Crippen LogP contribution in [0.4, 0.5) is 0 Å². The van der Waals surface area contributed by atoms with Crippen molar-refractivity contribution in [2.45, 2.75) is 13.8 Å². The van der Waals surface area contributed by atoms with E-state index in [2.05, 4.69) is 20.9 Å². The Morgan fingerprint density at radius 2 is 1.56 bits per heavy atom. The maximum absolute atomic E-state index is 5.68. The molecule has 0 N–H and O–H groups in total. The van der Waals surface area contributed by atoms with Gasteiger partial charge in [0, 0.05) is 0 Å². The highest BCUT2D eigenvalue weighted by Crippen LogP contribution is 2.01. The molecule has 0 atom stereocenters. The van der Waals surface area contributed by atoms with Crippen LogP contribution in [-0.4, -0.2) is 30.6 Å². The Morgan fingerprint density at radius 3 is 1.56 bits per heavy atom. The second-order valence-electron chi connectivity index (χ2n) is 2.37. The van der Waals surface area contributed by atoms with Crippen LogP contribution in [0.1, 0.15) is 13.8 Å². The molecule has 0 aromatic rings. The fourth-order valence-electron chi connectivity index (χ4n) is 0.393. The molecule has 0 amide bonds. The van der Waals surface area contributed by atoms with Crippen molar-refractivity contribution in [2.75, 3.05) is 26.1 Å². The first-order valence-electron chi connectivity index (χ1n) is 3.08. The van der Waals surface area contributed by atoms with E-state index in [0.717, 1.165) is 23.6 Å². The molecule has 0 aromatic heterocycles. The van der Waals surface area contributed by atoms with Crippen molar-refractivity contribution in [1.29, 1.82) is 0 Å².